The molecule has 0 aliphatic carbocycles. The SMILES string of the molecule is CCOC(Oc1ccc(C(C)CC)cc1)C(C)c1ccccc1. The Morgan fingerprint density at radius 3 is 2.04 bits per heavy atom. The second kappa shape index (κ2) is 8.73. The van der Waals surface area contributed by atoms with Gasteiger partial charge < -0.3 is 9.47 Å². The highest BCUT2D eigenvalue weighted by atomic mass is 16.7. The Hall–Kier alpha value is -1.80. The summed E-state index contributed by atoms with van der Waals surface area (Å²) in [5, 5.41) is 0. The van der Waals surface area contributed by atoms with Crippen LogP contribution in [0.15, 0.2) is 54.6 Å². The van der Waals surface area contributed by atoms with Crippen molar-refractivity contribution in [3.05, 3.63) is 65.7 Å². The van der Waals surface area contributed by atoms with Crippen LogP contribution in [0.4, 0.5) is 0 Å². The maximum Gasteiger partial charge on any atom is 0.206 e. The lowest BCUT2D eigenvalue weighted by Gasteiger charge is -2.25. The molecule has 23 heavy (non-hydrogen) atoms. The highest BCUT2D eigenvalue weighted by Gasteiger charge is 2.21. The van der Waals surface area contributed by atoms with E-state index in [-0.39, 0.29) is 12.2 Å². The molecule has 3 unspecified atom stereocenters. The number of hydrogen-bond acceptors (Lipinski definition) is 2. The summed E-state index contributed by atoms with van der Waals surface area (Å²) < 4.78 is 12.0. The van der Waals surface area contributed by atoms with Crippen LogP contribution in [0.3, 0.4) is 0 Å². The molecule has 0 heterocycles. The lowest BCUT2D eigenvalue weighted by atomic mass is 9.99. The van der Waals surface area contributed by atoms with Crippen LogP contribution in [0.25, 0.3) is 0 Å². The molecule has 2 aromatic rings. The van der Waals surface area contributed by atoms with Crippen LogP contribution >= 0.6 is 0 Å². The zero-order chi connectivity index (χ0) is 16.7. The van der Waals surface area contributed by atoms with E-state index in [1.165, 1.54) is 11.1 Å². The van der Waals surface area contributed by atoms with E-state index in [1.807, 2.05) is 25.1 Å². The monoisotopic (exact) mass is 312 g/mol. The highest BCUT2D eigenvalue weighted by Crippen LogP contribution is 2.26. The lowest BCUT2D eigenvalue weighted by molar-refractivity contribution is -0.0888. The molecule has 0 saturated carbocycles. The van der Waals surface area contributed by atoms with Crippen molar-refractivity contribution in [1.29, 1.82) is 0 Å². The maximum absolute atomic E-state index is 6.12. The van der Waals surface area contributed by atoms with E-state index in [4.69, 9.17) is 9.47 Å². The first-order valence-electron chi connectivity index (χ1n) is 8.58. The van der Waals surface area contributed by atoms with E-state index in [0.717, 1.165) is 12.2 Å². The van der Waals surface area contributed by atoms with Crippen molar-refractivity contribution in [3.8, 4) is 5.75 Å². The largest absolute Gasteiger partial charge is 0.464 e. The number of rotatable bonds is 8. The van der Waals surface area contributed by atoms with Crippen molar-refractivity contribution in [2.24, 2.45) is 0 Å². The fourth-order valence-electron chi connectivity index (χ4n) is 2.60. The third kappa shape index (κ3) is 4.84. The van der Waals surface area contributed by atoms with Crippen LogP contribution in [0.2, 0.25) is 0 Å². The summed E-state index contributed by atoms with van der Waals surface area (Å²) >= 11 is 0. The van der Waals surface area contributed by atoms with E-state index in [1.54, 1.807) is 0 Å². The van der Waals surface area contributed by atoms with Gasteiger partial charge in [0.1, 0.15) is 5.75 Å². The summed E-state index contributed by atoms with van der Waals surface area (Å²) in [4.78, 5) is 0. The maximum atomic E-state index is 6.12. The molecule has 0 amide bonds. The molecule has 0 spiro atoms. The van der Waals surface area contributed by atoms with E-state index < -0.39 is 0 Å². The van der Waals surface area contributed by atoms with Gasteiger partial charge >= 0.3 is 0 Å². The standard InChI is InChI=1S/C21H28O2/c1-5-16(3)18-12-14-20(15-13-18)23-21(22-6-2)17(4)19-10-8-7-9-11-19/h7-17,21H,5-6H2,1-4H3. The van der Waals surface area contributed by atoms with Gasteiger partial charge in [-0.1, -0.05) is 63.2 Å². The molecule has 0 aliphatic heterocycles. The molecule has 0 fully saturated rings. The third-order valence-corrected chi connectivity index (χ3v) is 4.38. The van der Waals surface area contributed by atoms with Crippen LogP contribution in [0.1, 0.15) is 57.1 Å². The number of ether oxygens (including phenoxy) is 2. The van der Waals surface area contributed by atoms with E-state index in [0.29, 0.717) is 12.5 Å². The molecule has 2 aromatic carbocycles. The van der Waals surface area contributed by atoms with Gasteiger partial charge in [-0.15, -0.1) is 0 Å². The van der Waals surface area contributed by atoms with Crippen molar-refractivity contribution in [2.45, 2.75) is 52.2 Å². The minimum Gasteiger partial charge on any atom is -0.464 e. The molecular formula is C21H28O2. The summed E-state index contributed by atoms with van der Waals surface area (Å²) in [6, 6.07) is 18.8. The molecule has 0 bridgehead atoms. The summed E-state index contributed by atoms with van der Waals surface area (Å²) in [5.74, 6) is 1.61. The Morgan fingerprint density at radius 2 is 1.48 bits per heavy atom. The van der Waals surface area contributed by atoms with Crippen LogP contribution in [-0.2, 0) is 4.74 Å². The van der Waals surface area contributed by atoms with Crippen LogP contribution in [0, 0.1) is 0 Å². The van der Waals surface area contributed by atoms with Gasteiger partial charge in [0.15, 0.2) is 0 Å². The first kappa shape index (κ1) is 17.6. The Kier molecular flexibility index (Phi) is 6.66. The van der Waals surface area contributed by atoms with Crippen molar-refractivity contribution >= 4 is 0 Å². The van der Waals surface area contributed by atoms with Gasteiger partial charge in [0.2, 0.25) is 6.29 Å². The van der Waals surface area contributed by atoms with Crippen molar-refractivity contribution in [2.75, 3.05) is 6.61 Å². The van der Waals surface area contributed by atoms with Gasteiger partial charge in [0, 0.05) is 12.5 Å². The average molecular weight is 312 g/mol. The Labute approximate surface area is 140 Å². The van der Waals surface area contributed by atoms with Gasteiger partial charge in [-0.2, -0.15) is 0 Å². The van der Waals surface area contributed by atoms with Crippen molar-refractivity contribution in [3.63, 3.8) is 0 Å². The quantitative estimate of drug-likeness (QED) is 0.578. The summed E-state index contributed by atoms with van der Waals surface area (Å²) in [7, 11) is 0. The summed E-state index contributed by atoms with van der Waals surface area (Å²) in [5.41, 5.74) is 2.58. The number of benzene rings is 2. The molecule has 0 aromatic heterocycles. The first-order valence-corrected chi connectivity index (χ1v) is 8.58. The fourth-order valence-corrected chi connectivity index (χ4v) is 2.60. The molecule has 0 saturated heterocycles. The molecule has 2 heteroatoms. The molecule has 0 radical (unpaired) electrons. The average Bonchev–Trinajstić information content (AvgIpc) is 2.61. The smallest absolute Gasteiger partial charge is 0.206 e. The van der Waals surface area contributed by atoms with Crippen LogP contribution in [-0.4, -0.2) is 12.9 Å². The van der Waals surface area contributed by atoms with Crippen LogP contribution in [0.5, 0.6) is 5.75 Å². The Balaban J connectivity index is 2.10. The van der Waals surface area contributed by atoms with E-state index in [9.17, 15) is 0 Å². The van der Waals surface area contributed by atoms with Gasteiger partial charge in [-0.05, 0) is 42.5 Å². The van der Waals surface area contributed by atoms with Crippen molar-refractivity contribution in [1.82, 2.24) is 0 Å². The molecule has 2 rings (SSSR count). The number of hydrogen-bond donors (Lipinski definition) is 0. The summed E-state index contributed by atoms with van der Waals surface area (Å²) in [6.45, 7) is 9.23. The molecule has 0 aliphatic rings. The first-order chi connectivity index (χ1) is 11.2. The third-order valence-electron chi connectivity index (χ3n) is 4.38. The molecule has 3 atom stereocenters. The lowest BCUT2D eigenvalue weighted by Crippen LogP contribution is -2.27. The molecule has 0 N–H and O–H groups in total. The van der Waals surface area contributed by atoms with E-state index >= 15 is 0 Å². The minimum absolute atomic E-state index is 0.172. The second-order valence-corrected chi connectivity index (χ2v) is 6.02. The Bertz CT molecular complexity index is 562. The van der Waals surface area contributed by atoms with Crippen LogP contribution < -0.4 is 4.74 Å². The predicted molar refractivity (Wildman–Crippen MR) is 96.0 cm³/mol. The van der Waals surface area contributed by atoms with Gasteiger partial charge in [-0.3, -0.25) is 0 Å². The van der Waals surface area contributed by atoms with Crippen molar-refractivity contribution < 1.29 is 9.47 Å². The van der Waals surface area contributed by atoms with E-state index in [2.05, 4.69) is 57.2 Å². The molecular weight excluding hydrogens is 284 g/mol. The fraction of sp³-hybridized carbons (Fsp3) is 0.429. The minimum atomic E-state index is -0.281. The Morgan fingerprint density at radius 1 is 0.826 bits per heavy atom. The molecule has 2 nitrogen and oxygen atoms in total. The summed E-state index contributed by atoms with van der Waals surface area (Å²) in [6.07, 6.45) is 0.865. The van der Waals surface area contributed by atoms with Gasteiger partial charge in [-0.25, -0.2) is 0 Å². The highest BCUT2D eigenvalue weighted by molar-refractivity contribution is 5.29. The topological polar surface area (TPSA) is 18.5 Å². The molecule has 124 valence electrons. The predicted octanol–water partition coefficient (Wildman–Crippen LogP) is 5.75. The van der Waals surface area contributed by atoms with Gasteiger partial charge in [0.25, 0.3) is 0 Å². The van der Waals surface area contributed by atoms with Gasteiger partial charge in [0.05, 0.1) is 0 Å². The normalized spacial score (nSPS) is 15.0. The zero-order valence-electron chi connectivity index (χ0n) is 14.7. The second-order valence-electron chi connectivity index (χ2n) is 6.02. The zero-order valence-corrected chi connectivity index (χ0v) is 14.7.